The van der Waals surface area contributed by atoms with Crippen LogP contribution in [0.25, 0.3) is 5.69 Å². The van der Waals surface area contributed by atoms with Crippen LogP contribution in [0.2, 0.25) is 0 Å². The highest BCUT2D eigenvalue weighted by molar-refractivity contribution is 7.07. The molecule has 0 radical (unpaired) electrons. The van der Waals surface area contributed by atoms with Gasteiger partial charge in [-0.2, -0.15) is 0 Å². The SMILES string of the molecule is Cc1csc(=Nc2c(C)n(C)n(-c3ccccc3)c2=O)n1C(C)CCc1ccccc1. The van der Waals surface area contributed by atoms with E-state index in [-0.39, 0.29) is 11.6 Å². The Morgan fingerprint density at radius 3 is 2.32 bits per heavy atom. The van der Waals surface area contributed by atoms with Crippen molar-refractivity contribution in [2.24, 2.45) is 12.0 Å². The molecule has 0 amide bonds. The lowest BCUT2D eigenvalue weighted by Crippen LogP contribution is -2.22. The monoisotopic (exact) mass is 432 g/mol. The van der Waals surface area contributed by atoms with Gasteiger partial charge in [-0.3, -0.25) is 9.48 Å². The number of aromatic nitrogens is 3. The molecule has 0 aliphatic heterocycles. The number of aryl methyl sites for hydroxylation is 2. The summed E-state index contributed by atoms with van der Waals surface area (Å²) in [5.74, 6) is 0. The van der Waals surface area contributed by atoms with Gasteiger partial charge in [0.05, 0.1) is 11.4 Å². The van der Waals surface area contributed by atoms with Crippen LogP contribution < -0.4 is 10.4 Å². The second-order valence-electron chi connectivity index (χ2n) is 7.92. The highest BCUT2D eigenvalue weighted by Gasteiger charge is 2.17. The minimum absolute atomic E-state index is 0.0965. The third-order valence-electron chi connectivity index (χ3n) is 5.79. The highest BCUT2D eigenvalue weighted by Crippen LogP contribution is 2.19. The first kappa shape index (κ1) is 21.1. The average Bonchev–Trinajstić information content (AvgIpc) is 3.25. The maximum absolute atomic E-state index is 13.3. The molecule has 31 heavy (non-hydrogen) atoms. The molecule has 4 rings (SSSR count). The molecular weight excluding hydrogens is 404 g/mol. The van der Waals surface area contributed by atoms with E-state index in [4.69, 9.17) is 4.99 Å². The molecule has 0 fully saturated rings. The van der Waals surface area contributed by atoms with Gasteiger partial charge in [0.1, 0.15) is 0 Å². The average molecular weight is 433 g/mol. The smallest absolute Gasteiger partial charge is 0.297 e. The summed E-state index contributed by atoms with van der Waals surface area (Å²) in [6.07, 6.45) is 2.02. The molecule has 0 saturated heterocycles. The van der Waals surface area contributed by atoms with Crippen LogP contribution >= 0.6 is 11.3 Å². The van der Waals surface area contributed by atoms with E-state index in [1.165, 1.54) is 11.3 Å². The lowest BCUT2D eigenvalue weighted by molar-refractivity contribution is 0.487. The van der Waals surface area contributed by atoms with Crippen LogP contribution in [0.3, 0.4) is 0 Å². The van der Waals surface area contributed by atoms with Gasteiger partial charge in [-0.25, -0.2) is 9.67 Å². The summed E-state index contributed by atoms with van der Waals surface area (Å²) in [5.41, 5.74) is 4.60. The Bertz CT molecular complexity index is 1290. The van der Waals surface area contributed by atoms with Gasteiger partial charge in [0.25, 0.3) is 5.56 Å². The van der Waals surface area contributed by atoms with Gasteiger partial charge in [0.15, 0.2) is 10.5 Å². The van der Waals surface area contributed by atoms with E-state index < -0.39 is 0 Å². The van der Waals surface area contributed by atoms with E-state index in [0.29, 0.717) is 5.69 Å². The van der Waals surface area contributed by atoms with E-state index in [2.05, 4.69) is 48.1 Å². The minimum Gasteiger partial charge on any atom is -0.318 e. The predicted molar refractivity (Wildman–Crippen MR) is 127 cm³/mol. The quantitative estimate of drug-likeness (QED) is 0.419. The Hall–Kier alpha value is -3.12. The molecule has 1 unspecified atom stereocenters. The summed E-state index contributed by atoms with van der Waals surface area (Å²) in [5, 5.41) is 2.12. The van der Waals surface area contributed by atoms with E-state index in [1.807, 2.05) is 55.1 Å². The van der Waals surface area contributed by atoms with Gasteiger partial charge < -0.3 is 4.57 Å². The van der Waals surface area contributed by atoms with Gasteiger partial charge in [-0.15, -0.1) is 11.3 Å². The zero-order valence-electron chi connectivity index (χ0n) is 18.4. The summed E-state index contributed by atoms with van der Waals surface area (Å²) in [6, 6.07) is 20.5. The Labute approximate surface area is 186 Å². The van der Waals surface area contributed by atoms with E-state index in [9.17, 15) is 4.79 Å². The Morgan fingerprint density at radius 1 is 1.00 bits per heavy atom. The van der Waals surface area contributed by atoms with Crippen LogP contribution in [0, 0.1) is 13.8 Å². The zero-order chi connectivity index (χ0) is 22.0. The Kier molecular flexibility index (Phi) is 6.09. The molecule has 6 heteroatoms. The van der Waals surface area contributed by atoms with Crippen LogP contribution in [0.5, 0.6) is 0 Å². The van der Waals surface area contributed by atoms with Crippen molar-refractivity contribution in [2.75, 3.05) is 0 Å². The third kappa shape index (κ3) is 4.21. The number of hydrogen-bond donors (Lipinski definition) is 0. The highest BCUT2D eigenvalue weighted by atomic mass is 32.1. The van der Waals surface area contributed by atoms with E-state index in [1.54, 1.807) is 16.0 Å². The Morgan fingerprint density at radius 2 is 1.65 bits per heavy atom. The molecule has 2 aromatic heterocycles. The molecule has 1 atom stereocenters. The van der Waals surface area contributed by atoms with Gasteiger partial charge >= 0.3 is 0 Å². The van der Waals surface area contributed by atoms with Crippen molar-refractivity contribution in [3.63, 3.8) is 0 Å². The predicted octanol–water partition coefficient (Wildman–Crippen LogP) is 5.08. The molecule has 0 aliphatic carbocycles. The molecule has 4 aromatic rings. The largest absolute Gasteiger partial charge is 0.318 e. The van der Waals surface area contributed by atoms with Crippen molar-refractivity contribution >= 4 is 17.0 Å². The first-order chi connectivity index (χ1) is 15.0. The maximum Gasteiger partial charge on any atom is 0.297 e. The summed E-state index contributed by atoms with van der Waals surface area (Å²) < 4.78 is 5.81. The number of para-hydroxylation sites is 1. The molecular formula is C25H28N4OS. The first-order valence-electron chi connectivity index (χ1n) is 10.6. The molecule has 5 nitrogen and oxygen atoms in total. The number of rotatable bonds is 6. The molecule has 2 aromatic carbocycles. The number of thiazole rings is 1. The fraction of sp³-hybridized carbons (Fsp3) is 0.280. The number of benzene rings is 2. The van der Waals surface area contributed by atoms with Crippen molar-refractivity contribution in [1.29, 1.82) is 0 Å². The lowest BCUT2D eigenvalue weighted by Gasteiger charge is -2.15. The maximum atomic E-state index is 13.3. The topological polar surface area (TPSA) is 44.2 Å². The van der Waals surface area contributed by atoms with E-state index in [0.717, 1.165) is 29.0 Å². The molecule has 0 bridgehead atoms. The van der Waals surface area contributed by atoms with Crippen molar-refractivity contribution < 1.29 is 0 Å². The molecule has 0 N–H and O–H groups in total. The second kappa shape index (κ2) is 8.94. The minimum atomic E-state index is -0.0965. The summed E-state index contributed by atoms with van der Waals surface area (Å²) in [4.78, 5) is 19.0. The summed E-state index contributed by atoms with van der Waals surface area (Å²) in [6.45, 7) is 6.28. The molecule has 0 spiro atoms. The third-order valence-corrected chi connectivity index (χ3v) is 6.74. The van der Waals surface area contributed by atoms with Gasteiger partial charge in [0.2, 0.25) is 0 Å². The van der Waals surface area contributed by atoms with Crippen LogP contribution in [0.4, 0.5) is 5.69 Å². The molecule has 0 saturated carbocycles. The molecule has 160 valence electrons. The fourth-order valence-electron chi connectivity index (χ4n) is 3.95. The van der Waals surface area contributed by atoms with Crippen molar-refractivity contribution in [3.05, 3.63) is 98.2 Å². The van der Waals surface area contributed by atoms with Crippen molar-refractivity contribution in [1.82, 2.24) is 13.9 Å². The van der Waals surface area contributed by atoms with Gasteiger partial charge in [-0.05, 0) is 51.3 Å². The van der Waals surface area contributed by atoms with Crippen molar-refractivity contribution in [2.45, 2.75) is 39.7 Å². The first-order valence-corrected chi connectivity index (χ1v) is 11.4. The zero-order valence-corrected chi connectivity index (χ0v) is 19.3. The number of nitrogens with zero attached hydrogens (tertiary/aromatic N) is 4. The summed E-state index contributed by atoms with van der Waals surface area (Å²) in [7, 11) is 1.90. The Balaban J connectivity index is 1.72. The van der Waals surface area contributed by atoms with Crippen LogP contribution in [0.1, 0.15) is 36.3 Å². The van der Waals surface area contributed by atoms with Gasteiger partial charge in [0, 0.05) is 24.2 Å². The van der Waals surface area contributed by atoms with Crippen molar-refractivity contribution in [3.8, 4) is 5.69 Å². The molecule has 2 heterocycles. The van der Waals surface area contributed by atoms with E-state index >= 15 is 0 Å². The van der Waals surface area contributed by atoms with Gasteiger partial charge in [-0.1, -0.05) is 48.5 Å². The lowest BCUT2D eigenvalue weighted by atomic mass is 10.1. The standard InChI is InChI=1S/C25H28N4OS/c1-18(15-16-21-11-7-5-8-12-21)28-19(2)17-31-25(28)26-23-20(3)27(4)29(24(23)30)22-13-9-6-10-14-22/h5-14,17-18H,15-16H2,1-4H3. The second-order valence-corrected chi connectivity index (χ2v) is 8.76. The fourth-order valence-corrected chi connectivity index (χ4v) is 4.92. The number of hydrogen-bond acceptors (Lipinski definition) is 3. The van der Waals surface area contributed by atoms with Crippen LogP contribution in [-0.2, 0) is 13.5 Å². The molecule has 0 aliphatic rings. The normalized spacial score (nSPS) is 13.0. The van der Waals surface area contributed by atoms with Crippen LogP contribution in [-0.4, -0.2) is 13.9 Å². The summed E-state index contributed by atoms with van der Waals surface area (Å²) >= 11 is 1.59. The van der Waals surface area contributed by atoms with Crippen LogP contribution in [0.15, 0.2) is 75.8 Å².